The van der Waals surface area contributed by atoms with Crippen LogP contribution >= 0.6 is 0 Å². The zero-order valence-electron chi connectivity index (χ0n) is 19.2. The highest BCUT2D eigenvalue weighted by atomic mass is 16.5. The van der Waals surface area contributed by atoms with Gasteiger partial charge in [0, 0.05) is 43.5 Å². The van der Waals surface area contributed by atoms with Crippen molar-refractivity contribution in [2.24, 2.45) is 4.99 Å². The maximum Gasteiger partial charge on any atom is 0.196 e. The van der Waals surface area contributed by atoms with Crippen LogP contribution in [0.5, 0.6) is 17.2 Å². The topological polar surface area (TPSA) is 76.6 Å². The number of nitrogens with zero attached hydrogens (tertiary/aromatic N) is 2. The van der Waals surface area contributed by atoms with Gasteiger partial charge in [-0.25, -0.2) is 4.99 Å². The van der Waals surface area contributed by atoms with Gasteiger partial charge < -0.3 is 29.6 Å². The standard InChI is InChI=1S/C24H34N4O4/c1-4-25-24(27-20-9-10-22(29-2)23(17-20)30-3)26-18-19-7-5-6-8-21(19)32-16-13-28-11-14-31-15-12-28/h5-10,17H,4,11-16,18H2,1-3H3,(H2,25,26,27). The molecule has 0 saturated carbocycles. The minimum atomic E-state index is 0.496. The van der Waals surface area contributed by atoms with E-state index in [9.17, 15) is 0 Å². The molecule has 8 nitrogen and oxygen atoms in total. The number of guanidine groups is 1. The molecule has 1 aliphatic rings. The van der Waals surface area contributed by atoms with Gasteiger partial charge in [0.25, 0.3) is 0 Å². The Morgan fingerprint density at radius 3 is 2.56 bits per heavy atom. The molecule has 2 aromatic carbocycles. The number of ether oxygens (including phenoxy) is 4. The number of morpholine rings is 1. The first-order valence-corrected chi connectivity index (χ1v) is 11.0. The van der Waals surface area contributed by atoms with Gasteiger partial charge in [-0.2, -0.15) is 0 Å². The number of hydrogen-bond donors (Lipinski definition) is 2. The Bertz CT molecular complexity index is 869. The predicted molar refractivity (Wildman–Crippen MR) is 127 cm³/mol. The van der Waals surface area contributed by atoms with Crippen LogP contribution in [0.4, 0.5) is 5.69 Å². The van der Waals surface area contributed by atoms with Gasteiger partial charge in [-0.05, 0) is 25.1 Å². The lowest BCUT2D eigenvalue weighted by Gasteiger charge is -2.26. The van der Waals surface area contributed by atoms with Gasteiger partial charge in [0.1, 0.15) is 12.4 Å². The highest BCUT2D eigenvalue weighted by Crippen LogP contribution is 2.29. The van der Waals surface area contributed by atoms with Crippen LogP contribution in [0.25, 0.3) is 0 Å². The highest BCUT2D eigenvalue weighted by molar-refractivity contribution is 5.93. The lowest BCUT2D eigenvalue weighted by Crippen LogP contribution is -2.38. The summed E-state index contributed by atoms with van der Waals surface area (Å²) in [7, 11) is 3.24. The molecule has 0 spiro atoms. The Morgan fingerprint density at radius 2 is 1.81 bits per heavy atom. The fourth-order valence-corrected chi connectivity index (χ4v) is 3.41. The van der Waals surface area contributed by atoms with E-state index in [2.05, 4.69) is 15.5 Å². The quantitative estimate of drug-likeness (QED) is 0.433. The van der Waals surface area contributed by atoms with Crippen LogP contribution in [0, 0.1) is 0 Å². The Balaban J connectivity index is 1.63. The summed E-state index contributed by atoms with van der Waals surface area (Å²) in [5, 5.41) is 6.61. The lowest BCUT2D eigenvalue weighted by atomic mass is 10.2. The van der Waals surface area contributed by atoms with Crippen molar-refractivity contribution in [3.63, 3.8) is 0 Å². The fourth-order valence-electron chi connectivity index (χ4n) is 3.41. The van der Waals surface area contributed by atoms with Crippen LogP contribution in [0.2, 0.25) is 0 Å². The smallest absolute Gasteiger partial charge is 0.196 e. The van der Waals surface area contributed by atoms with Crippen molar-refractivity contribution in [3.05, 3.63) is 48.0 Å². The van der Waals surface area contributed by atoms with E-state index in [0.29, 0.717) is 30.6 Å². The average Bonchev–Trinajstić information content (AvgIpc) is 2.84. The van der Waals surface area contributed by atoms with Crippen LogP contribution in [0.3, 0.4) is 0 Å². The zero-order valence-corrected chi connectivity index (χ0v) is 19.2. The van der Waals surface area contributed by atoms with Gasteiger partial charge in [0.05, 0.1) is 34.0 Å². The molecule has 1 aliphatic heterocycles. The van der Waals surface area contributed by atoms with E-state index in [-0.39, 0.29) is 0 Å². The second-order valence-corrected chi connectivity index (χ2v) is 7.30. The number of aliphatic imine (C=N–C) groups is 1. The van der Waals surface area contributed by atoms with Crippen molar-refractivity contribution < 1.29 is 18.9 Å². The Labute approximate surface area is 190 Å². The molecule has 3 rings (SSSR count). The number of anilines is 1. The predicted octanol–water partition coefficient (Wildman–Crippen LogP) is 2.99. The number of rotatable bonds is 10. The third-order valence-electron chi connectivity index (χ3n) is 5.14. The van der Waals surface area contributed by atoms with Gasteiger partial charge >= 0.3 is 0 Å². The minimum Gasteiger partial charge on any atom is -0.493 e. The Kier molecular flexibility index (Phi) is 9.46. The third-order valence-corrected chi connectivity index (χ3v) is 5.14. The van der Waals surface area contributed by atoms with Crippen LogP contribution < -0.4 is 24.8 Å². The summed E-state index contributed by atoms with van der Waals surface area (Å²) in [6, 6.07) is 13.7. The van der Waals surface area contributed by atoms with E-state index >= 15 is 0 Å². The normalized spacial score (nSPS) is 14.7. The summed E-state index contributed by atoms with van der Waals surface area (Å²) in [4.78, 5) is 7.11. The second kappa shape index (κ2) is 12.8. The first-order valence-electron chi connectivity index (χ1n) is 11.0. The van der Waals surface area contributed by atoms with E-state index in [4.69, 9.17) is 23.9 Å². The summed E-state index contributed by atoms with van der Waals surface area (Å²) in [6.07, 6.45) is 0. The summed E-state index contributed by atoms with van der Waals surface area (Å²) >= 11 is 0. The Morgan fingerprint density at radius 1 is 1.03 bits per heavy atom. The minimum absolute atomic E-state index is 0.496. The molecule has 1 saturated heterocycles. The number of benzene rings is 2. The molecular formula is C24H34N4O4. The van der Waals surface area contributed by atoms with E-state index < -0.39 is 0 Å². The van der Waals surface area contributed by atoms with Crippen LogP contribution in [-0.4, -0.2) is 71.1 Å². The van der Waals surface area contributed by atoms with E-state index in [1.165, 1.54) is 0 Å². The molecule has 32 heavy (non-hydrogen) atoms. The van der Waals surface area contributed by atoms with Crippen molar-refractivity contribution in [1.82, 2.24) is 10.2 Å². The van der Waals surface area contributed by atoms with Crippen LogP contribution in [0.15, 0.2) is 47.5 Å². The summed E-state index contributed by atoms with van der Waals surface area (Å²) in [6.45, 7) is 8.33. The van der Waals surface area contributed by atoms with Crippen LogP contribution in [0.1, 0.15) is 12.5 Å². The number of methoxy groups -OCH3 is 2. The van der Waals surface area contributed by atoms with Crippen molar-refractivity contribution >= 4 is 11.6 Å². The van der Waals surface area contributed by atoms with Gasteiger partial charge in [-0.15, -0.1) is 0 Å². The maximum atomic E-state index is 6.08. The lowest BCUT2D eigenvalue weighted by molar-refractivity contribution is 0.0322. The summed E-state index contributed by atoms with van der Waals surface area (Å²) in [5.41, 5.74) is 1.90. The molecule has 0 radical (unpaired) electrons. The molecule has 0 unspecified atom stereocenters. The third kappa shape index (κ3) is 7.03. The summed E-state index contributed by atoms with van der Waals surface area (Å²) < 4.78 is 22.2. The van der Waals surface area contributed by atoms with Gasteiger partial charge in [0.2, 0.25) is 0 Å². The number of hydrogen-bond acceptors (Lipinski definition) is 6. The molecular weight excluding hydrogens is 408 g/mol. The van der Waals surface area contributed by atoms with Crippen molar-refractivity contribution in [2.75, 3.05) is 65.5 Å². The first kappa shape index (κ1) is 23.7. The van der Waals surface area contributed by atoms with Gasteiger partial charge in [-0.3, -0.25) is 4.90 Å². The molecule has 2 aromatic rings. The fraction of sp³-hybridized carbons (Fsp3) is 0.458. The molecule has 174 valence electrons. The molecule has 8 heteroatoms. The average molecular weight is 443 g/mol. The largest absolute Gasteiger partial charge is 0.493 e. The van der Waals surface area contributed by atoms with E-state index in [0.717, 1.165) is 56.4 Å². The van der Waals surface area contributed by atoms with Crippen molar-refractivity contribution in [3.8, 4) is 17.2 Å². The second-order valence-electron chi connectivity index (χ2n) is 7.30. The van der Waals surface area contributed by atoms with E-state index in [1.807, 2.05) is 49.4 Å². The van der Waals surface area contributed by atoms with Gasteiger partial charge in [-0.1, -0.05) is 18.2 Å². The van der Waals surface area contributed by atoms with Crippen LogP contribution in [-0.2, 0) is 11.3 Å². The molecule has 0 atom stereocenters. The SMILES string of the molecule is CCNC(=NCc1ccccc1OCCN1CCOCC1)Nc1ccc(OC)c(OC)c1. The molecule has 2 N–H and O–H groups in total. The van der Waals surface area contributed by atoms with E-state index in [1.54, 1.807) is 14.2 Å². The monoisotopic (exact) mass is 442 g/mol. The number of nitrogens with one attached hydrogen (secondary N) is 2. The molecule has 0 bridgehead atoms. The molecule has 1 fully saturated rings. The van der Waals surface area contributed by atoms with Crippen molar-refractivity contribution in [2.45, 2.75) is 13.5 Å². The zero-order chi connectivity index (χ0) is 22.6. The molecule has 0 aromatic heterocycles. The summed E-state index contributed by atoms with van der Waals surface area (Å²) in [5.74, 6) is 2.89. The number of para-hydroxylation sites is 1. The molecule has 0 amide bonds. The molecule has 0 aliphatic carbocycles. The Hall–Kier alpha value is -2.97. The van der Waals surface area contributed by atoms with Crippen molar-refractivity contribution in [1.29, 1.82) is 0 Å². The molecule has 1 heterocycles. The maximum absolute atomic E-state index is 6.08. The van der Waals surface area contributed by atoms with Gasteiger partial charge in [0.15, 0.2) is 17.5 Å². The highest BCUT2D eigenvalue weighted by Gasteiger charge is 2.11. The first-order chi connectivity index (χ1) is 15.7.